The summed E-state index contributed by atoms with van der Waals surface area (Å²) in [7, 11) is 0. The van der Waals surface area contributed by atoms with E-state index < -0.39 is 11.4 Å². The summed E-state index contributed by atoms with van der Waals surface area (Å²) in [6.07, 6.45) is 2.25. The maximum atomic E-state index is 12.7. The van der Waals surface area contributed by atoms with Crippen LogP contribution in [-0.2, 0) is 15.0 Å². The molecule has 0 aliphatic heterocycles. The van der Waals surface area contributed by atoms with Crippen molar-refractivity contribution in [2.24, 2.45) is 0 Å². The molecule has 108 valence electrons. The average Bonchev–Trinajstić information content (AvgIpc) is 3.18. The molecular formula is C15H18ClNO3. The number of carbonyl (C=O) groups is 2. The van der Waals surface area contributed by atoms with Gasteiger partial charge in [-0.2, -0.15) is 0 Å². The van der Waals surface area contributed by atoms with Gasteiger partial charge in [-0.3, -0.25) is 9.59 Å². The van der Waals surface area contributed by atoms with E-state index >= 15 is 0 Å². The largest absolute Gasteiger partial charge is 0.480 e. The van der Waals surface area contributed by atoms with Crippen LogP contribution < -0.4 is 0 Å². The number of halogens is 1. The Morgan fingerprint density at radius 2 is 2.10 bits per heavy atom. The van der Waals surface area contributed by atoms with Gasteiger partial charge in [0.25, 0.3) is 0 Å². The van der Waals surface area contributed by atoms with Crippen LogP contribution >= 0.6 is 11.6 Å². The van der Waals surface area contributed by atoms with Crippen molar-refractivity contribution in [1.29, 1.82) is 0 Å². The first kappa shape index (κ1) is 14.9. The molecule has 1 aromatic carbocycles. The third-order valence-electron chi connectivity index (χ3n) is 3.64. The van der Waals surface area contributed by atoms with Crippen molar-refractivity contribution >= 4 is 23.5 Å². The summed E-state index contributed by atoms with van der Waals surface area (Å²) in [6.45, 7) is 2.16. The normalized spacial score (nSPS) is 15.7. The summed E-state index contributed by atoms with van der Waals surface area (Å²) in [5.74, 6) is -1.07. The molecule has 0 heterocycles. The molecule has 1 amide bonds. The zero-order chi connectivity index (χ0) is 14.8. The minimum atomic E-state index is -0.978. The SMILES string of the molecule is CCCN(CC(=O)O)C(=O)C1(c2cccc(Cl)c2)CC1. The van der Waals surface area contributed by atoms with Gasteiger partial charge in [0.05, 0.1) is 5.41 Å². The molecule has 0 spiro atoms. The maximum absolute atomic E-state index is 12.7. The highest BCUT2D eigenvalue weighted by Gasteiger charge is 2.53. The molecule has 1 N–H and O–H groups in total. The second-order valence-electron chi connectivity index (χ2n) is 5.21. The number of carboxylic acid groups (broad SMARTS) is 1. The molecule has 1 aliphatic rings. The monoisotopic (exact) mass is 295 g/mol. The van der Waals surface area contributed by atoms with Crippen molar-refractivity contribution in [3.63, 3.8) is 0 Å². The maximum Gasteiger partial charge on any atom is 0.323 e. The van der Waals surface area contributed by atoms with E-state index in [0.29, 0.717) is 11.6 Å². The number of aliphatic carboxylic acids is 1. The second-order valence-corrected chi connectivity index (χ2v) is 5.65. The van der Waals surface area contributed by atoms with Gasteiger partial charge >= 0.3 is 5.97 Å². The minimum absolute atomic E-state index is 0.0935. The quantitative estimate of drug-likeness (QED) is 0.878. The Morgan fingerprint density at radius 3 is 2.60 bits per heavy atom. The van der Waals surface area contributed by atoms with Gasteiger partial charge in [-0.1, -0.05) is 30.7 Å². The van der Waals surface area contributed by atoms with Crippen LogP contribution in [-0.4, -0.2) is 35.0 Å². The van der Waals surface area contributed by atoms with Gasteiger partial charge in [-0.25, -0.2) is 0 Å². The Hall–Kier alpha value is -1.55. The summed E-state index contributed by atoms with van der Waals surface area (Å²) in [5, 5.41) is 9.54. The molecule has 0 saturated heterocycles. The highest BCUT2D eigenvalue weighted by Crippen LogP contribution is 2.50. The van der Waals surface area contributed by atoms with Crippen molar-refractivity contribution in [3.05, 3.63) is 34.9 Å². The van der Waals surface area contributed by atoms with Crippen molar-refractivity contribution in [1.82, 2.24) is 4.90 Å². The van der Waals surface area contributed by atoms with Gasteiger partial charge in [0.15, 0.2) is 0 Å². The lowest BCUT2D eigenvalue weighted by Crippen LogP contribution is -2.42. The Balaban J connectivity index is 2.24. The van der Waals surface area contributed by atoms with Gasteiger partial charge in [0.1, 0.15) is 6.54 Å². The average molecular weight is 296 g/mol. The van der Waals surface area contributed by atoms with Crippen LogP contribution in [0.1, 0.15) is 31.7 Å². The van der Waals surface area contributed by atoms with Crippen LogP contribution in [0, 0.1) is 0 Å². The van der Waals surface area contributed by atoms with Crippen LogP contribution in [0.5, 0.6) is 0 Å². The molecule has 5 heteroatoms. The predicted octanol–water partition coefficient (Wildman–Crippen LogP) is 2.69. The Bertz CT molecular complexity index is 526. The molecule has 0 atom stereocenters. The summed E-state index contributed by atoms with van der Waals surface area (Å²) in [4.78, 5) is 25.0. The van der Waals surface area contributed by atoms with E-state index in [4.69, 9.17) is 16.7 Å². The third-order valence-corrected chi connectivity index (χ3v) is 3.88. The van der Waals surface area contributed by atoms with Gasteiger partial charge in [-0.15, -0.1) is 0 Å². The summed E-state index contributed by atoms with van der Waals surface area (Å²) in [6, 6.07) is 7.29. The second kappa shape index (κ2) is 5.83. The van der Waals surface area contributed by atoms with E-state index in [1.807, 2.05) is 19.1 Å². The number of benzene rings is 1. The van der Waals surface area contributed by atoms with Gasteiger partial charge < -0.3 is 10.0 Å². The predicted molar refractivity (Wildman–Crippen MR) is 76.9 cm³/mol. The number of amides is 1. The van der Waals surface area contributed by atoms with E-state index in [2.05, 4.69) is 0 Å². The molecule has 1 aromatic rings. The highest BCUT2D eigenvalue weighted by atomic mass is 35.5. The lowest BCUT2D eigenvalue weighted by Gasteiger charge is -2.26. The number of nitrogens with zero attached hydrogens (tertiary/aromatic N) is 1. The molecular weight excluding hydrogens is 278 g/mol. The molecule has 1 fully saturated rings. The molecule has 1 saturated carbocycles. The van der Waals surface area contributed by atoms with E-state index in [0.717, 1.165) is 24.8 Å². The smallest absolute Gasteiger partial charge is 0.323 e. The third kappa shape index (κ3) is 2.96. The Morgan fingerprint density at radius 1 is 1.40 bits per heavy atom. The van der Waals surface area contributed by atoms with Crippen molar-refractivity contribution in [3.8, 4) is 0 Å². The van der Waals surface area contributed by atoms with E-state index in [9.17, 15) is 9.59 Å². The van der Waals surface area contributed by atoms with Crippen molar-refractivity contribution < 1.29 is 14.7 Å². The Labute approximate surface area is 123 Å². The fourth-order valence-electron chi connectivity index (χ4n) is 2.53. The summed E-state index contributed by atoms with van der Waals surface area (Å²) >= 11 is 5.99. The van der Waals surface area contributed by atoms with Crippen molar-refractivity contribution in [2.75, 3.05) is 13.1 Å². The fraction of sp³-hybridized carbons (Fsp3) is 0.467. The molecule has 20 heavy (non-hydrogen) atoms. The molecule has 0 aromatic heterocycles. The number of hydrogen-bond donors (Lipinski definition) is 1. The minimum Gasteiger partial charge on any atom is -0.480 e. The van der Waals surface area contributed by atoms with Crippen LogP contribution in [0.25, 0.3) is 0 Å². The van der Waals surface area contributed by atoms with Gasteiger partial charge in [0.2, 0.25) is 5.91 Å². The first-order valence-corrected chi connectivity index (χ1v) is 7.14. The standard InChI is InChI=1S/C15H18ClNO3/c1-2-8-17(10-13(18)19)14(20)15(6-7-15)11-4-3-5-12(16)9-11/h3-5,9H,2,6-8,10H2,1H3,(H,18,19). The van der Waals surface area contributed by atoms with E-state index in [-0.39, 0.29) is 12.5 Å². The van der Waals surface area contributed by atoms with Crippen LogP contribution in [0.2, 0.25) is 5.02 Å². The number of hydrogen-bond acceptors (Lipinski definition) is 2. The lowest BCUT2D eigenvalue weighted by atomic mass is 9.94. The summed E-state index contributed by atoms with van der Waals surface area (Å²) < 4.78 is 0. The lowest BCUT2D eigenvalue weighted by molar-refractivity contribution is -0.145. The molecule has 0 radical (unpaired) electrons. The summed E-state index contributed by atoms with van der Waals surface area (Å²) in [5.41, 5.74) is 0.330. The van der Waals surface area contributed by atoms with Crippen LogP contribution in [0.4, 0.5) is 0 Å². The molecule has 0 bridgehead atoms. The number of rotatable bonds is 6. The van der Waals surface area contributed by atoms with Gasteiger partial charge in [0, 0.05) is 11.6 Å². The van der Waals surface area contributed by atoms with Crippen LogP contribution in [0.15, 0.2) is 24.3 Å². The highest BCUT2D eigenvalue weighted by molar-refractivity contribution is 6.30. The molecule has 1 aliphatic carbocycles. The van der Waals surface area contributed by atoms with E-state index in [1.165, 1.54) is 4.90 Å². The molecule has 4 nitrogen and oxygen atoms in total. The zero-order valence-corrected chi connectivity index (χ0v) is 12.2. The van der Waals surface area contributed by atoms with E-state index in [1.54, 1.807) is 12.1 Å². The topological polar surface area (TPSA) is 57.6 Å². The molecule has 0 unspecified atom stereocenters. The van der Waals surface area contributed by atoms with Crippen molar-refractivity contribution in [2.45, 2.75) is 31.6 Å². The van der Waals surface area contributed by atoms with Crippen LogP contribution in [0.3, 0.4) is 0 Å². The number of carboxylic acids is 1. The van der Waals surface area contributed by atoms with Gasteiger partial charge in [-0.05, 0) is 37.0 Å². The first-order valence-electron chi connectivity index (χ1n) is 6.77. The Kier molecular flexibility index (Phi) is 4.33. The molecule has 2 rings (SSSR count). The zero-order valence-electron chi connectivity index (χ0n) is 11.4. The number of carbonyl (C=O) groups excluding carboxylic acids is 1. The fourth-order valence-corrected chi connectivity index (χ4v) is 2.72. The first-order chi connectivity index (χ1) is 9.49.